The summed E-state index contributed by atoms with van der Waals surface area (Å²) >= 11 is 0. The summed E-state index contributed by atoms with van der Waals surface area (Å²) in [7, 11) is 0. The van der Waals surface area contributed by atoms with Crippen molar-refractivity contribution in [3.05, 3.63) is 72.9 Å². The molecule has 0 aromatic rings. The maximum atomic E-state index is 12.9. The van der Waals surface area contributed by atoms with E-state index in [1.165, 1.54) is 205 Å². The van der Waals surface area contributed by atoms with Gasteiger partial charge in [-0.3, -0.25) is 14.4 Å². The molecule has 0 fully saturated rings. The zero-order valence-electron chi connectivity index (χ0n) is 50.5. The molecule has 0 aliphatic carbocycles. The number of allylic oxidation sites excluding steroid dienone is 12. The van der Waals surface area contributed by atoms with E-state index in [1.807, 2.05) is 0 Å². The van der Waals surface area contributed by atoms with Crippen molar-refractivity contribution in [1.82, 2.24) is 0 Å². The quantitative estimate of drug-likeness (QED) is 0.0261. The van der Waals surface area contributed by atoms with E-state index in [-0.39, 0.29) is 31.1 Å². The number of esters is 3. The highest BCUT2D eigenvalue weighted by molar-refractivity contribution is 5.71. The van der Waals surface area contributed by atoms with E-state index < -0.39 is 6.10 Å². The first-order valence-electron chi connectivity index (χ1n) is 32.9. The largest absolute Gasteiger partial charge is 0.462 e. The van der Waals surface area contributed by atoms with Gasteiger partial charge in [-0.15, -0.1) is 0 Å². The molecule has 0 radical (unpaired) electrons. The number of ether oxygens (including phenoxy) is 3. The van der Waals surface area contributed by atoms with Crippen LogP contribution in [0.2, 0.25) is 0 Å². The molecule has 0 saturated carbocycles. The van der Waals surface area contributed by atoms with Gasteiger partial charge in [0.05, 0.1) is 0 Å². The van der Waals surface area contributed by atoms with Crippen LogP contribution in [0.5, 0.6) is 0 Å². The molecule has 0 N–H and O–H groups in total. The maximum Gasteiger partial charge on any atom is 0.306 e. The molecule has 0 amide bonds. The number of hydrogen-bond donors (Lipinski definition) is 0. The van der Waals surface area contributed by atoms with E-state index in [0.717, 1.165) is 89.9 Å². The van der Waals surface area contributed by atoms with Crippen molar-refractivity contribution in [2.45, 2.75) is 341 Å². The third-order valence-corrected chi connectivity index (χ3v) is 14.4. The summed E-state index contributed by atoms with van der Waals surface area (Å²) in [5.41, 5.74) is 0. The van der Waals surface area contributed by atoms with Crippen LogP contribution in [-0.4, -0.2) is 37.2 Å². The molecule has 6 nitrogen and oxygen atoms in total. The van der Waals surface area contributed by atoms with Gasteiger partial charge in [-0.2, -0.15) is 0 Å². The summed E-state index contributed by atoms with van der Waals surface area (Å²) in [6, 6.07) is 0. The van der Waals surface area contributed by atoms with E-state index in [2.05, 4.69) is 93.7 Å². The van der Waals surface area contributed by atoms with Crippen LogP contribution in [0.25, 0.3) is 0 Å². The molecule has 76 heavy (non-hydrogen) atoms. The average Bonchev–Trinajstić information content (AvgIpc) is 3.42. The van der Waals surface area contributed by atoms with Gasteiger partial charge in [-0.25, -0.2) is 0 Å². The van der Waals surface area contributed by atoms with Gasteiger partial charge < -0.3 is 14.2 Å². The zero-order valence-corrected chi connectivity index (χ0v) is 50.5. The molecule has 0 aromatic heterocycles. The highest BCUT2D eigenvalue weighted by atomic mass is 16.6. The molecule has 0 saturated heterocycles. The molecule has 440 valence electrons. The Labute approximate surface area is 472 Å². The fourth-order valence-electron chi connectivity index (χ4n) is 9.42. The number of rotatable bonds is 60. The van der Waals surface area contributed by atoms with Crippen LogP contribution in [0.1, 0.15) is 335 Å². The Hall–Kier alpha value is -3.15. The molecule has 0 heterocycles. The first-order chi connectivity index (χ1) is 37.5. The van der Waals surface area contributed by atoms with E-state index in [4.69, 9.17) is 14.2 Å². The Balaban J connectivity index is 4.35. The van der Waals surface area contributed by atoms with Gasteiger partial charge in [-0.1, -0.05) is 273 Å². The SMILES string of the molecule is CCCCCC/C=C\C/C=C\CCCCCCCCCC(=O)OC(COC(=O)CCCCCCC/C=C\CCCCCCCC)COC(=O)CCCCCCCCCCCC/C=C\C/C=C\C/C=C\CCCCCCC. The Bertz CT molecular complexity index is 1400. The number of carbonyl (C=O) groups is 3. The molecule has 0 spiro atoms. The Morgan fingerprint density at radius 3 is 0.763 bits per heavy atom. The lowest BCUT2D eigenvalue weighted by atomic mass is 10.1. The summed E-state index contributed by atoms with van der Waals surface area (Å²) in [5.74, 6) is -0.887. The highest BCUT2D eigenvalue weighted by Crippen LogP contribution is 2.16. The third kappa shape index (κ3) is 61.7. The van der Waals surface area contributed by atoms with Gasteiger partial charge >= 0.3 is 17.9 Å². The lowest BCUT2D eigenvalue weighted by Crippen LogP contribution is -2.30. The van der Waals surface area contributed by atoms with Gasteiger partial charge in [0.2, 0.25) is 0 Å². The molecule has 6 heteroatoms. The minimum atomic E-state index is -0.786. The van der Waals surface area contributed by atoms with Gasteiger partial charge in [0.25, 0.3) is 0 Å². The Morgan fingerprint density at radius 2 is 0.474 bits per heavy atom. The summed E-state index contributed by atoms with van der Waals surface area (Å²) in [4.78, 5) is 38.3. The van der Waals surface area contributed by atoms with Crippen molar-refractivity contribution in [1.29, 1.82) is 0 Å². The van der Waals surface area contributed by atoms with Crippen LogP contribution < -0.4 is 0 Å². The molecule has 0 aliphatic rings. The van der Waals surface area contributed by atoms with Crippen LogP contribution in [0.3, 0.4) is 0 Å². The van der Waals surface area contributed by atoms with Crippen molar-refractivity contribution < 1.29 is 28.6 Å². The predicted molar refractivity (Wildman–Crippen MR) is 330 cm³/mol. The van der Waals surface area contributed by atoms with Gasteiger partial charge in [0.1, 0.15) is 13.2 Å². The zero-order chi connectivity index (χ0) is 55.0. The van der Waals surface area contributed by atoms with Crippen LogP contribution >= 0.6 is 0 Å². The standard InChI is InChI=1S/C70H124O6/c1-4-7-10-13-16-19-22-25-28-30-32-33-34-35-36-37-38-40-42-45-48-51-54-57-60-63-69(72)75-66-67(65-74-68(71)62-59-56-53-50-47-44-41-27-24-21-18-15-12-9-6-3)76-70(73)64-61-58-55-52-49-46-43-39-31-29-26-23-20-17-14-11-8-5-2/h20,22-23,25,27,29-32,34-35,41,67H,4-19,21,24,26,28,33,36-40,42-66H2,1-3H3/b23-20-,25-22-,31-29-,32-30-,35-34-,41-27-. The van der Waals surface area contributed by atoms with Crippen molar-refractivity contribution in [2.24, 2.45) is 0 Å². The van der Waals surface area contributed by atoms with Gasteiger partial charge in [-0.05, 0) is 116 Å². The number of unbranched alkanes of at least 4 members (excludes halogenated alkanes) is 37. The topological polar surface area (TPSA) is 78.9 Å². The smallest absolute Gasteiger partial charge is 0.306 e. The molecule has 1 atom stereocenters. The van der Waals surface area contributed by atoms with E-state index in [9.17, 15) is 14.4 Å². The molecule has 0 rings (SSSR count). The number of hydrogen-bond acceptors (Lipinski definition) is 6. The minimum Gasteiger partial charge on any atom is -0.462 e. The van der Waals surface area contributed by atoms with Gasteiger partial charge in [0.15, 0.2) is 6.10 Å². The second-order valence-corrected chi connectivity index (χ2v) is 22.0. The molecule has 0 aliphatic heterocycles. The molecule has 0 aromatic carbocycles. The second-order valence-electron chi connectivity index (χ2n) is 22.0. The van der Waals surface area contributed by atoms with E-state index >= 15 is 0 Å². The molecule has 0 bridgehead atoms. The number of carbonyl (C=O) groups excluding carboxylic acids is 3. The van der Waals surface area contributed by atoms with Crippen molar-refractivity contribution in [3.63, 3.8) is 0 Å². The summed E-state index contributed by atoms with van der Waals surface area (Å²) in [5, 5.41) is 0. The van der Waals surface area contributed by atoms with Gasteiger partial charge in [0, 0.05) is 19.3 Å². The second kappa shape index (κ2) is 64.4. The summed E-state index contributed by atoms with van der Waals surface area (Å²) in [6.07, 6.45) is 83.3. The van der Waals surface area contributed by atoms with Crippen LogP contribution in [0.4, 0.5) is 0 Å². The molecular formula is C70H124O6. The lowest BCUT2D eigenvalue weighted by molar-refractivity contribution is -0.167. The first-order valence-corrected chi connectivity index (χ1v) is 32.9. The first kappa shape index (κ1) is 72.8. The fourth-order valence-corrected chi connectivity index (χ4v) is 9.42. The fraction of sp³-hybridized carbons (Fsp3) is 0.786. The van der Waals surface area contributed by atoms with Crippen LogP contribution in [0, 0.1) is 0 Å². The molecular weight excluding hydrogens is 937 g/mol. The highest BCUT2D eigenvalue weighted by Gasteiger charge is 2.19. The minimum absolute atomic E-state index is 0.0820. The van der Waals surface area contributed by atoms with Crippen molar-refractivity contribution in [2.75, 3.05) is 13.2 Å². The third-order valence-electron chi connectivity index (χ3n) is 14.4. The predicted octanol–water partition coefficient (Wildman–Crippen LogP) is 22.5. The molecule has 1 unspecified atom stereocenters. The lowest BCUT2D eigenvalue weighted by Gasteiger charge is -2.18. The van der Waals surface area contributed by atoms with Crippen molar-refractivity contribution in [3.8, 4) is 0 Å². The summed E-state index contributed by atoms with van der Waals surface area (Å²) in [6.45, 7) is 6.63. The average molecular weight is 1060 g/mol. The van der Waals surface area contributed by atoms with Crippen LogP contribution in [-0.2, 0) is 28.6 Å². The van der Waals surface area contributed by atoms with E-state index in [0.29, 0.717) is 19.3 Å². The Kier molecular flexibility index (Phi) is 61.7. The summed E-state index contributed by atoms with van der Waals surface area (Å²) < 4.78 is 16.9. The van der Waals surface area contributed by atoms with E-state index in [1.54, 1.807) is 0 Å². The van der Waals surface area contributed by atoms with Crippen LogP contribution in [0.15, 0.2) is 72.9 Å². The monoisotopic (exact) mass is 1060 g/mol. The van der Waals surface area contributed by atoms with Crippen molar-refractivity contribution >= 4 is 17.9 Å². The maximum absolute atomic E-state index is 12.9. The normalized spacial score (nSPS) is 12.5. The Morgan fingerprint density at radius 1 is 0.263 bits per heavy atom.